The van der Waals surface area contributed by atoms with Gasteiger partial charge in [-0.2, -0.15) is 0 Å². The highest BCUT2D eigenvalue weighted by atomic mass is 16.7. The zero-order valence-electron chi connectivity index (χ0n) is 14.2. The molecule has 0 bridgehead atoms. The predicted octanol–water partition coefficient (Wildman–Crippen LogP) is 3.30. The molecule has 2 aromatic rings. The van der Waals surface area contributed by atoms with Crippen LogP contribution >= 0.6 is 0 Å². The smallest absolute Gasteiger partial charge is 0.321 e. The summed E-state index contributed by atoms with van der Waals surface area (Å²) in [5, 5.41) is 5.70. The van der Waals surface area contributed by atoms with Crippen molar-refractivity contribution in [2.45, 2.75) is 12.8 Å². The first-order valence-electron chi connectivity index (χ1n) is 8.56. The van der Waals surface area contributed by atoms with E-state index in [0.717, 1.165) is 25.9 Å². The molecule has 0 atom stereocenters. The van der Waals surface area contributed by atoms with Crippen molar-refractivity contribution in [3.05, 3.63) is 48.0 Å². The Bertz CT molecular complexity index is 846. The molecule has 2 N–H and O–H groups in total. The highest BCUT2D eigenvalue weighted by molar-refractivity contribution is 6.05. The van der Waals surface area contributed by atoms with Gasteiger partial charge in [-0.3, -0.25) is 4.79 Å². The number of nitrogens with one attached hydrogen (secondary N) is 2. The molecule has 2 heterocycles. The molecular formula is C19H19N3O4. The summed E-state index contributed by atoms with van der Waals surface area (Å²) >= 11 is 0. The van der Waals surface area contributed by atoms with Crippen LogP contribution in [0.25, 0.3) is 0 Å². The lowest BCUT2D eigenvalue weighted by Crippen LogP contribution is -2.32. The molecule has 2 aromatic carbocycles. The van der Waals surface area contributed by atoms with Gasteiger partial charge in [0.05, 0.1) is 0 Å². The average Bonchev–Trinajstić information content (AvgIpc) is 3.33. The summed E-state index contributed by atoms with van der Waals surface area (Å²) in [4.78, 5) is 26.4. The van der Waals surface area contributed by atoms with Gasteiger partial charge in [0.1, 0.15) is 0 Å². The minimum absolute atomic E-state index is 0.109. The number of anilines is 2. The molecule has 26 heavy (non-hydrogen) atoms. The first kappa shape index (κ1) is 16.3. The fraction of sp³-hybridized carbons (Fsp3) is 0.263. The Morgan fingerprint density at radius 1 is 0.885 bits per heavy atom. The Labute approximate surface area is 150 Å². The van der Waals surface area contributed by atoms with Crippen molar-refractivity contribution in [1.82, 2.24) is 4.90 Å². The molecule has 1 saturated heterocycles. The molecule has 7 heteroatoms. The lowest BCUT2D eigenvalue weighted by atomic mass is 10.2. The number of ether oxygens (including phenoxy) is 2. The summed E-state index contributed by atoms with van der Waals surface area (Å²) in [5.41, 5.74) is 1.72. The summed E-state index contributed by atoms with van der Waals surface area (Å²) in [6.45, 7) is 1.73. The van der Waals surface area contributed by atoms with Crippen LogP contribution in [0, 0.1) is 0 Å². The zero-order chi connectivity index (χ0) is 17.9. The lowest BCUT2D eigenvalue weighted by Gasteiger charge is -2.16. The van der Waals surface area contributed by atoms with E-state index in [1.807, 2.05) is 0 Å². The van der Waals surface area contributed by atoms with Crippen molar-refractivity contribution in [2.24, 2.45) is 0 Å². The number of urea groups is 1. The van der Waals surface area contributed by atoms with Gasteiger partial charge in [0.15, 0.2) is 11.5 Å². The van der Waals surface area contributed by atoms with Gasteiger partial charge in [-0.15, -0.1) is 0 Å². The van der Waals surface area contributed by atoms with E-state index in [-0.39, 0.29) is 18.7 Å². The van der Waals surface area contributed by atoms with Crippen LogP contribution in [0.1, 0.15) is 23.2 Å². The second-order valence-corrected chi connectivity index (χ2v) is 6.23. The number of likely N-dealkylation sites (tertiary alicyclic amines) is 1. The average molecular weight is 353 g/mol. The lowest BCUT2D eigenvalue weighted by molar-refractivity contribution is 0.102. The number of amides is 3. The summed E-state index contributed by atoms with van der Waals surface area (Å²) in [7, 11) is 0. The fourth-order valence-electron chi connectivity index (χ4n) is 3.04. The van der Waals surface area contributed by atoms with Crippen LogP contribution in [0.5, 0.6) is 11.5 Å². The number of hydrogen-bond donors (Lipinski definition) is 2. The molecule has 1 fully saturated rings. The summed E-state index contributed by atoms with van der Waals surface area (Å²) in [6.07, 6.45) is 2.08. The van der Waals surface area contributed by atoms with Crippen LogP contribution in [0.2, 0.25) is 0 Å². The number of fused-ring (bicyclic) bond motifs is 1. The molecule has 7 nitrogen and oxygen atoms in total. The number of nitrogens with zero attached hydrogens (tertiary/aromatic N) is 1. The molecule has 4 rings (SSSR count). The number of benzene rings is 2. The third kappa shape index (κ3) is 3.42. The summed E-state index contributed by atoms with van der Waals surface area (Å²) in [6, 6.07) is 12.0. The van der Waals surface area contributed by atoms with Crippen molar-refractivity contribution in [3.63, 3.8) is 0 Å². The normalized spacial score (nSPS) is 15.0. The highest BCUT2D eigenvalue weighted by Crippen LogP contribution is 2.32. The van der Waals surface area contributed by atoms with Gasteiger partial charge < -0.3 is 25.0 Å². The molecule has 0 aromatic heterocycles. The fourth-order valence-corrected chi connectivity index (χ4v) is 3.04. The molecule has 2 aliphatic heterocycles. The van der Waals surface area contributed by atoms with Crippen LogP contribution in [0.3, 0.4) is 0 Å². The van der Waals surface area contributed by atoms with E-state index in [9.17, 15) is 9.59 Å². The van der Waals surface area contributed by atoms with Crippen molar-refractivity contribution in [1.29, 1.82) is 0 Å². The van der Waals surface area contributed by atoms with Crippen molar-refractivity contribution in [3.8, 4) is 11.5 Å². The number of hydrogen-bond acceptors (Lipinski definition) is 4. The monoisotopic (exact) mass is 353 g/mol. The van der Waals surface area contributed by atoms with Crippen molar-refractivity contribution in [2.75, 3.05) is 30.5 Å². The molecule has 0 unspecified atom stereocenters. The second kappa shape index (κ2) is 6.95. The maximum Gasteiger partial charge on any atom is 0.321 e. The number of rotatable bonds is 3. The van der Waals surface area contributed by atoms with E-state index in [0.29, 0.717) is 28.4 Å². The SMILES string of the molecule is O=C(Nc1cccc(NC(=O)N2CCCC2)c1)c1ccc2c(c1)OCO2. The van der Waals surface area contributed by atoms with Gasteiger partial charge in [-0.05, 0) is 49.2 Å². The Kier molecular flexibility index (Phi) is 4.35. The minimum atomic E-state index is -0.258. The molecule has 0 spiro atoms. The quantitative estimate of drug-likeness (QED) is 0.887. The van der Waals surface area contributed by atoms with E-state index in [4.69, 9.17) is 9.47 Å². The summed E-state index contributed by atoms with van der Waals surface area (Å²) in [5.74, 6) is 0.934. The minimum Gasteiger partial charge on any atom is -0.454 e. The van der Waals surface area contributed by atoms with Gasteiger partial charge in [0.25, 0.3) is 5.91 Å². The number of carbonyl (C=O) groups is 2. The van der Waals surface area contributed by atoms with Gasteiger partial charge in [0, 0.05) is 30.0 Å². The number of carbonyl (C=O) groups excluding carboxylic acids is 2. The maximum absolute atomic E-state index is 12.5. The van der Waals surface area contributed by atoms with E-state index < -0.39 is 0 Å². The van der Waals surface area contributed by atoms with Gasteiger partial charge in [-0.1, -0.05) is 6.07 Å². The third-order valence-corrected chi connectivity index (χ3v) is 4.40. The van der Waals surface area contributed by atoms with Crippen molar-refractivity contribution < 1.29 is 19.1 Å². The topological polar surface area (TPSA) is 79.9 Å². The molecule has 2 aliphatic rings. The zero-order valence-corrected chi connectivity index (χ0v) is 14.2. The highest BCUT2D eigenvalue weighted by Gasteiger charge is 2.18. The molecule has 134 valence electrons. The second-order valence-electron chi connectivity index (χ2n) is 6.23. The Morgan fingerprint density at radius 2 is 1.62 bits per heavy atom. The molecule has 3 amide bonds. The maximum atomic E-state index is 12.5. The standard InChI is InChI=1S/C19H19N3O4/c23-18(13-6-7-16-17(10-13)26-12-25-16)20-14-4-3-5-15(11-14)21-19(24)22-8-1-2-9-22/h3-7,10-11H,1-2,8-9,12H2,(H,20,23)(H,21,24). The van der Waals surface area contributed by atoms with E-state index >= 15 is 0 Å². The van der Waals surface area contributed by atoms with Gasteiger partial charge in [0.2, 0.25) is 6.79 Å². The molecular weight excluding hydrogens is 334 g/mol. The van der Waals surface area contributed by atoms with Crippen LogP contribution in [0.4, 0.5) is 16.2 Å². The van der Waals surface area contributed by atoms with E-state index in [1.165, 1.54) is 0 Å². The van der Waals surface area contributed by atoms with Gasteiger partial charge >= 0.3 is 6.03 Å². The van der Waals surface area contributed by atoms with E-state index in [2.05, 4.69) is 10.6 Å². The Balaban J connectivity index is 1.43. The van der Waals surface area contributed by atoms with Crippen LogP contribution in [-0.4, -0.2) is 36.7 Å². The molecule has 0 aliphatic carbocycles. The Morgan fingerprint density at radius 3 is 2.42 bits per heavy atom. The third-order valence-electron chi connectivity index (χ3n) is 4.40. The van der Waals surface area contributed by atoms with Crippen LogP contribution in [0.15, 0.2) is 42.5 Å². The first-order valence-corrected chi connectivity index (χ1v) is 8.56. The molecule has 0 radical (unpaired) electrons. The largest absolute Gasteiger partial charge is 0.454 e. The van der Waals surface area contributed by atoms with Crippen LogP contribution < -0.4 is 20.1 Å². The van der Waals surface area contributed by atoms with Crippen LogP contribution in [-0.2, 0) is 0 Å². The summed E-state index contributed by atoms with van der Waals surface area (Å²) < 4.78 is 10.5. The van der Waals surface area contributed by atoms with Gasteiger partial charge in [-0.25, -0.2) is 4.79 Å². The van der Waals surface area contributed by atoms with Crippen molar-refractivity contribution >= 4 is 23.3 Å². The molecule has 0 saturated carbocycles. The predicted molar refractivity (Wildman–Crippen MR) is 96.8 cm³/mol. The van der Waals surface area contributed by atoms with E-state index in [1.54, 1.807) is 47.4 Å². The Hall–Kier alpha value is -3.22. The first-order chi connectivity index (χ1) is 12.7.